The molecule has 0 unspecified atom stereocenters. The van der Waals surface area contributed by atoms with E-state index in [9.17, 15) is 8.42 Å². The Hall–Kier alpha value is -0.390. The summed E-state index contributed by atoms with van der Waals surface area (Å²) in [5.41, 5.74) is 0. The Bertz CT molecular complexity index is 526. The van der Waals surface area contributed by atoms with Gasteiger partial charge in [-0.05, 0) is 62.5 Å². The largest absolute Gasteiger partial charge is 0.250 e. The molecule has 0 radical (unpaired) electrons. The molecule has 1 aliphatic carbocycles. The Kier molecular flexibility index (Phi) is 5.26. The van der Waals surface area contributed by atoms with E-state index in [0.717, 1.165) is 29.6 Å². The molecular weight excluding hydrogens is 290 g/mol. The van der Waals surface area contributed by atoms with Gasteiger partial charge in [0.05, 0.1) is 0 Å². The van der Waals surface area contributed by atoms with Gasteiger partial charge in [0, 0.05) is 11.4 Å². The van der Waals surface area contributed by atoms with Crippen molar-refractivity contribution in [1.82, 2.24) is 4.72 Å². The average Bonchev–Trinajstić information content (AvgIpc) is 2.84. The summed E-state index contributed by atoms with van der Waals surface area (Å²) in [7, 11) is -3.30. The van der Waals surface area contributed by atoms with Gasteiger partial charge in [0.1, 0.15) is 4.21 Å². The Morgan fingerprint density at radius 3 is 2.40 bits per heavy atom. The molecule has 1 heterocycles. The van der Waals surface area contributed by atoms with E-state index in [4.69, 9.17) is 0 Å². The number of rotatable bonds is 5. The van der Waals surface area contributed by atoms with Crippen LogP contribution in [0.25, 0.3) is 0 Å². The van der Waals surface area contributed by atoms with Crippen molar-refractivity contribution in [3.05, 3.63) is 17.0 Å². The molecule has 1 aromatic heterocycles. The molecule has 1 aliphatic rings. The second kappa shape index (κ2) is 6.58. The lowest BCUT2D eigenvalue weighted by molar-refractivity contribution is 0.225. The summed E-state index contributed by atoms with van der Waals surface area (Å²) in [4.78, 5) is 1.03. The van der Waals surface area contributed by atoms with Crippen molar-refractivity contribution in [2.24, 2.45) is 17.8 Å². The van der Waals surface area contributed by atoms with Crippen LogP contribution in [-0.2, 0) is 10.0 Å². The number of nitrogens with one attached hydrogen (secondary N) is 1. The van der Waals surface area contributed by atoms with Crippen LogP contribution in [-0.4, -0.2) is 15.0 Å². The van der Waals surface area contributed by atoms with E-state index < -0.39 is 10.0 Å². The normalized spacial score (nSPS) is 24.2. The second-order valence-corrected chi connectivity index (χ2v) is 9.52. The summed E-state index contributed by atoms with van der Waals surface area (Å²) >= 11 is 1.34. The van der Waals surface area contributed by atoms with Gasteiger partial charge in [-0.3, -0.25) is 0 Å². The molecule has 114 valence electrons. The smallest absolute Gasteiger partial charge is 0.210 e. The van der Waals surface area contributed by atoms with E-state index in [1.54, 1.807) is 6.07 Å². The molecule has 0 aliphatic heterocycles. The van der Waals surface area contributed by atoms with Crippen LogP contribution in [0, 0.1) is 24.7 Å². The molecule has 1 aromatic rings. The summed E-state index contributed by atoms with van der Waals surface area (Å²) in [6.45, 7) is 7.08. The van der Waals surface area contributed by atoms with Crippen LogP contribution in [0.4, 0.5) is 0 Å². The van der Waals surface area contributed by atoms with E-state index in [1.807, 2.05) is 13.0 Å². The lowest BCUT2D eigenvalue weighted by Gasteiger charge is -2.30. The maximum atomic E-state index is 12.2. The minimum absolute atomic E-state index is 0.436. The standard InChI is InChI=1S/C15H25NO2S2/c1-11(2)14-7-5-13(6-8-14)10-16-20(17,18)15-9-4-12(3)19-15/h4,9,11,13-14,16H,5-8,10H2,1-3H3. The van der Waals surface area contributed by atoms with E-state index >= 15 is 0 Å². The quantitative estimate of drug-likeness (QED) is 0.898. The van der Waals surface area contributed by atoms with E-state index in [2.05, 4.69) is 18.6 Å². The number of aryl methyl sites for hydroxylation is 1. The third kappa shape index (κ3) is 4.06. The van der Waals surface area contributed by atoms with Crippen LogP contribution in [0.5, 0.6) is 0 Å². The van der Waals surface area contributed by atoms with E-state index in [1.165, 1.54) is 24.2 Å². The molecule has 0 spiro atoms. The van der Waals surface area contributed by atoms with Gasteiger partial charge in [0.15, 0.2) is 0 Å². The molecule has 0 atom stereocenters. The summed E-state index contributed by atoms with van der Waals surface area (Å²) in [6, 6.07) is 3.55. The van der Waals surface area contributed by atoms with Crippen molar-refractivity contribution < 1.29 is 8.42 Å². The van der Waals surface area contributed by atoms with Crippen molar-refractivity contribution in [1.29, 1.82) is 0 Å². The minimum Gasteiger partial charge on any atom is -0.210 e. The Morgan fingerprint density at radius 1 is 1.25 bits per heavy atom. The fourth-order valence-corrected chi connectivity index (χ4v) is 5.36. The molecule has 5 heteroatoms. The molecule has 1 N–H and O–H groups in total. The van der Waals surface area contributed by atoms with E-state index in [0.29, 0.717) is 16.7 Å². The number of thiophene rings is 1. The van der Waals surface area contributed by atoms with Crippen molar-refractivity contribution in [2.75, 3.05) is 6.54 Å². The van der Waals surface area contributed by atoms with Gasteiger partial charge in [0.25, 0.3) is 0 Å². The van der Waals surface area contributed by atoms with Gasteiger partial charge in [-0.15, -0.1) is 11.3 Å². The zero-order valence-electron chi connectivity index (χ0n) is 12.6. The Morgan fingerprint density at radius 2 is 1.90 bits per heavy atom. The molecule has 2 rings (SSSR count). The number of hydrogen-bond acceptors (Lipinski definition) is 3. The summed E-state index contributed by atoms with van der Waals surface area (Å²) in [6.07, 6.45) is 4.77. The highest BCUT2D eigenvalue weighted by Gasteiger charge is 2.25. The van der Waals surface area contributed by atoms with E-state index in [-0.39, 0.29) is 0 Å². The van der Waals surface area contributed by atoms with Crippen LogP contribution in [0.3, 0.4) is 0 Å². The highest BCUT2D eigenvalue weighted by atomic mass is 32.2. The summed E-state index contributed by atoms with van der Waals surface area (Å²) in [5, 5.41) is 0. The van der Waals surface area contributed by atoms with Gasteiger partial charge in [-0.25, -0.2) is 13.1 Å². The zero-order chi connectivity index (χ0) is 14.8. The maximum absolute atomic E-state index is 12.2. The third-order valence-corrected chi connectivity index (χ3v) is 7.29. The second-order valence-electron chi connectivity index (χ2n) is 6.24. The predicted molar refractivity (Wildman–Crippen MR) is 84.5 cm³/mol. The highest BCUT2D eigenvalue weighted by molar-refractivity contribution is 7.91. The van der Waals surface area contributed by atoms with Crippen LogP contribution < -0.4 is 4.72 Å². The van der Waals surface area contributed by atoms with Gasteiger partial charge in [-0.1, -0.05) is 13.8 Å². The van der Waals surface area contributed by atoms with Crippen molar-refractivity contribution in [2.45, 2.75) is 50.7 Å². The minimum atomic E-state index is -3.30. The molecule has 1 fully saturated rings. The Balaban J connectivity index is 1.84. The molecule has 3 nitrogen and oxygen atoms in total. The highest BCUT2D eigenvalue weighted by Crippen LogP contribution is 2.33. The van der Waals surface area contributed by atoms with Gasteiger partial charge in [0.2, 0.25) is 10.0 Å². The van der Waals surface area contributed by atoms with Crippen molar-refractivity contribution >= 4 is 21.4 Å². The fraction of sp³-hybridized carbons (Fsp3) is 0.733. The Labute approximate surface area is 126 Å². The molecular formula is C15H25NO2S2. The SMILES string of the molecule is Cc1ccc(S(=O)(=O)NCC2CCC(C(C)C)CC2)s1. The number of sulfonamides is 1. The first-order chi connectivity index (χ1) is 9.38. The topological polar surface area (TPSA) is 46.2 Å². The number of hydrogen-bond donors (Lipinski definition) is 1. The van der Waals surface area contributed by atoms with Gasteiger partial charge >= 0.3 is 0 Å². The first kappa shape index (κ1) is 16.0. The first-order valence-corrected chi connectivity index (χ1v) is 9.74. The van der Waals surface area contributed by atoms with Crippen LogP contribution in [0.2, 0.25) is 0 Å². The molecule has 20 heavy (non-hydrogen) atoms. The van der Waals surface area contributed by atoms with Crippen LogP contribution in [0.15, 0.2) is 16.3 Å². The average molecular weight is 316 g/mol. The van der Waals surface area contributed by atoms with Crippen LogP contribution >= 0.6 is 11.3 Å². The molecule has 1 saturated carbocycles. The predicted octanol–water partition coefficient (Wildman–Crippen LogP) is 3.80. The monoisotopic (exact) mass is 315 g/mol. The third-order valence-electron chi connectivity index (χ3n) is 4.38. The summed E-state index contributed by atoms with van der Waals surface area (Å²) in [5.74, 6) is 2.07. The lowest BCUT2D eigenvalue weighted by Crippen LogP contribution is -2.31. The van der Waals surface area contributed by atoms with Crippen LogP contribution in [0.1, 0.15) is 44.4 Å². The van der Waals surface area contributed by atoms with Gasteiger partial charge < -0.3 is 0 Å². The lowest BCUT2D eigenvalue weighted by atomic mass is 9.77. The molecule has 0 amide bonds. The fourth-order valence-electron chi connectivity index (χ4n) is 2.91. The van der Waals surface area contributed by atoms with Crippen molar-refractivity contribution in [3.63, 3.8) is 0 Å². The maximum Gasteiger partial charge on any atom is 0.250 e. The van der Waals surface area contributed by atoms with Crippen molar-refractivity contribution in [3.8, 4) is 0 Å². The molecule has 0 bridgehead atoms. The molecule has 0 aromatic carbocycles. The van der Waals surface area contributed by atoms with Gasteiger partial charge in [-0.2, -0.15) is 0 Å². The molecule has 0 saturated heterocycles. The summed E-state index contributed by atoms with van der Waals surface area (Å²) < 4.78 is 27.5. The first-order valence-electron chi connectivity index (χ1n) is 7.44. The zero-order valence-corrected chi connectivity index (χ0v) is 14.2.